The van der Waals surface area contributed by atoms with Crippen LogP contribution in [0.3, 0.4) is 0 Å². The summed E-state index contributed by atoms with van der Waals surface area (Å²) in [6, 6.07) is 5.55. The SMILES string of the molecule is Nc1ccc(Cl)cc1-n1cnc2c1CCCC2. The lowest BCUT2D eigenvalue weighted by atomic mass is 10.0. The molecule has 0 radical (unpaired) electrons. The number of anilines is 1. The van der Waals surface area contributed by atoms with E-state index in [1.807, 2.05) is 24.5 Å². The molecule has 1 aromatic heterocycles. The van der Waals surface area contributed by atoms with E-state index >= 15 is 0 Å². The minimum atomic E-state index is 0.701. The Balaban J connectivity index is 2.15. The molecule has 2 aromatic rings. The zero-order valence-electron chi connectivity index (χ0n) is 9.49. The van der Waals surface area contributed by atoms with E-state index in [0.29, 0.717) is 5.02 Å². The van der Waals surface area contributed by atoms with Crippen molar-refractivity contribution in [1.82, 2.24) is 9.55 Å². The fourth-order valence-electron chi connectivity index (χ4n) is 2.40. The summed E-state index contributed by atoms with van der Waals surface area (Å²) in [5, 5.41) is 0.701. The third kappa shape index (κ3) is 1.80. The Morgan fingerprint density at radius 2 is 2.06 bits per heavy atom. The van der Waals surface area contributed by atoms with Crippen LogP contribution >= 0.6 is 11.6 Å². The summed E-state index contributed by atoms with van der Waals surface area (Å²) in [5.41, 5.74) is 10.2. The molecule has 0 aliphatic heterocycles. The zero-order chi connectivity index (χ0) is 11.8. The van der Waals surface area contributed by atoms with Gasteiger partial charge in [-0.3, -0.25) is 0 Å². The lowest BCUT2D eigenvalue weighted by molar-refractivity contribution is 0.656. The van der Waals surface area contributed by atoms with Gasteiger partial charge in [0.2, 0.25) is 0 Å². The van der Waals surface area contributed by atoms with E-state index in [1.54, 1.807) is 0 Å². The molecule has 1 heterocycles. The van der Waals surface area contributed by atoms with Gasteiger partial charge >= 0.3 is 0 Å². The van der Waals surface area contributed by atoms with Crippen molar-refractivity contribution in [2.24, 2.45) is 0 Å². The third-order valence-electron chi connectivity index (χ3n) is 3.28. The van der Waals surface area contributed by atoms with E-state index in [-0.39, 0.29) is 0 Å². The van der Waals surface area contributed by atoms with Crippen molar-refractivity contribution >= 4 is 17.3 Å². The van der Waals surface area contributed by atoms with Gasteiger partial charge in [-0.1, -0.05) is 11.6 Å². The molecule has 0 amide bonds. The molecule has 3 nitrogen and oxygen atoms in total. The maximum atomic E-state index is 6.03. The first-order valence-corrected chi connectivity index (χ1v) is 6.24. The quantitative estimate of drug-likeness (QED) is 0.788. The average molecular weight is 248 g/mol. The first-order chi connectivity index (χ1) is 8.25. The van der Waals surface area contributed by atoms with Crippen LogP contribution in [0.1, 0.15) is 24.2 Å². The lowest BCUT2D eigenvalue weighted by Crippen LogP contribution is -2.08. The number of hydrogen-bond acceptors (Lipinski definition) is 2. The lowest BCUT2D eigenvalue weighted by Gasteiger charge is -2.15. The molecule has 0 unspecified atom stereocenters. The molecule has 0 fully saturated rings. The highest BCUT2D eigenvalue weighted by Gasteiger charge is 2.17. The normalized spacial score (nSPS) is 14.6. The van der Waals surface area contributed by atoms with Crippen molar-refractivity contribution in [3.63, 3.8) is 0 Å². The Labute approximate surface area is 105 Å². The van der Waals surface area contributed by atoms with Crippen LogP contribution in [0.5, 0.6) is 0 Å². The smallest absolute Gasteiger partial charge is 0.0998 e. The van der Waals surface area contributed by atoms with Crippen molar-refractivity contribution in [3.05, 3.63) is 40.9 Å². The number of halogens is 1. The van der Waals surface area contributed by atoms with Crippen LogP contribution in [0.25, 0.3) is 5.69 Å². The Morgan fingerprint density at radius 3 is 2.94 bits per heavy atom. The summed E-state index contributed by atoms with van der Waals surface area (Å²) in [4.78, 5) is 4.47. The molecule has 0 saturated heterocycles. The maximum absolute atomic E-state index is 6.03. The van der Waals surface area contributed by atoms with Gasteiger partial charge in [0.25, 0.3) is 0 Å². The van der Waals surface area contributed by atoms with Crippen molar-refractivity contribution in [2.45, 2.75) is 25.7 Å². The van der Waals surface area contributed by atoms with Crippen molar-refractivity contribution in [1.29, 1.82) is 0 Å². The number of nitrogen functional groups attached to an aromatic ring is 1. The van der Waals surface area contributed by atoms with Crippen molar-refractivity contribution in [3.8, 4) is 5.69 Å². The van der Waals surface area contributed by atoms with E-state index in [1.165, 1.54) is 24.2 Å². The monoisotopic (exact) mass is 247 g/mol. The Bertz CT molecular complexity index is 560. The minimum absolute atomic E-state index is 0.701. The average Bonchev–Trinajstić information content (AvgIpc) is 2.76. The summed E-state index contributed by atoms with van der Waals surface area (Å²) in [6.45, 7) is 0. The van der Waals surface area contributed by atoms with E-state index in [0.717, 1.165) is 24.2 Å². The number of aryl methyl sites for hydroxylation is 1. The van der Waals surface area contributed by atoms with Crippen LogP contribution in [-0.2, 0) is 12.8 Å². The number of hydrogen-bond donors (Lipinski definition) is 1. The Kier molecular flexibility index (Phi) is 2.56. The fourth-order valence-corrected chi connectivity index (χ4v) is 2.57. The highest BCUT2D eigenvalue weighted by molar-refractivity contribution is 6.30. The molecule has 4 heteroatoms. The predicted molar refractivity (Wildman–Crippen MR) is 69.6 cm³/mol. The molecule has 1 aliphatic carbocycles. The van der Waals surface area contributed by atoms with E-state index in [9.17, 15) is 0 Å². The van der Waals surface area contributed by atoms with Crippen molar-refractivity contribution < 1.29 is 0 Å². The largest absolute Gasteiger partial charge is 0.397 e. The summed E-state index contributed by atoms with van der Waals surface area (Å²) >= 11 is 6.03. The summed E-state index contributed by atoms with van der Waals surface area (Å²) < 4.78 is 2.08. The number of aromatic nitrogens is 2. The summed E-state index contributed by atoms with van der Waals surface area (Å²) in [6.07, 6.45) is 6.45. The molecule has 17 heavy (non-hydrogen) atoms. The zero-order valence-corrected chi connectivity index (χ0v) is 10.2. The number of nitrogens with zero attached hydrogens (tertiary/aromatic N) is 2. The number of benzene rings is 1. The van der Waals surface area contributed by atoms with E-state index in [4.69, 9.17) is 17.3 Å². The molecule has 0 bridgehead atoms. The highest BCUT2D eigenvalue weighted by Crippen LogP contribution is 2.27. The maximum Gasteiger partial charge on any atom is 0.0998 e. The molecule has 88 valence electrons. The standard InChI is InChI=1S/C13H14ClN3/c14-9-5-6-10(15)13(7-9)17-8-16-11-3-1-2-4-12(11)17/h5-8H,1-4,15H2. The van der Waals surface area contributed by atoms with Gasteiger partial charge in [-0.25, -0.2) is 4.98 Å². The topological polar surface area (TPSA) is 43.8 Å². The first kappa shape index (κ1) is 10.7. The molecule has 0 atom stereocenters. The molecular weight excluding hydrogens is 234 g/mol. The minimum Gasteiger partial charge on any atom is -0.397 e. The van der Waals surface area contributed by atoms with Crippen LogP contribution in [0.15, 0.2) is 24.5 Å². The van der Waals surface area contributed by atoms with Gasteiger partial charge in [0, 0.05) is 10.7 Å². The van der Waals surface area contributed by atoms with Gasteiger partial charge in [0.05, 0.1) is 23.4 Å². The van der Waals surface area contributed by atoms with Gasteiger partial charge in [-0.15, -0.1) is 0 Å². The second-order valence-electron chi connectivity index (χ2n) is 4.42. The van der Waals surface area contributed by atoms with Gasteiger partial charge in [-0.2, -0.15) is 0 Å². The van der Waals surface area contributed by atoms with Crippen LogP contribution in [0.2, 0.25) is 5.02 Å². The Hall–Kier alpha value is -1.48. The van der Waals surface area contributed by atoms with E-state index < -0.39 is 0 Å². The number of imidazole rings is 1. The molecule has 0 spiro atoms. The molecule has 0 saturated carbocycles. The first-order valence-electron chi connectivity index (χ1n) is 5.86. The van der Waals surface area contributed by atoms with Gasteiger partial charge < -0.3 is 10.3 Å². The van der Waals surface area contributed by atoms with E-state index in [2.05, 4.69) is 9.55 Å². The molecule has 1 aromatic carbocycles. The summed E-state index contributed by atoms with van der Waals surface area (Å²) in [7, 11) is 0. The van der Waals surface area contributed by atoms with Crippen LogP contribution in [-0.4, -0.2) is 9.55 Å². The molecule has 1 aliphatic rings. The fraction of sp³-hybridized carbons (Fsp3) is 0.308. The van der Waals surface area contributed by atoms with Crippen LogP contribution in [0, 0.1) is 0 Å². The third-order valence-corrected chi connectivity index (χ3v) is 3.52. The van der Waals surface area contributed by atoms with Gasteiger partial charge in [-0.05, 0) is 43.9 Å². The number of rotatable bonds is 1. The Morgan fingerprint density at radius 1 is 1.24 bits per heavy atom. The number of fused-ring (bicyclic) bond motifs is 1. The highest BCUT2D eigenvalue weighted by atomic mass is 35.5. The number of nitrogens with two attached hydrogens (primary N) is 1. The van der Waals surface area contributed by atoms with Crippen LogP contribution in [0.4, 0.5) is 5.69 Å². The predicted octanol–water partition coefficient (Wildman–Crippen LogP) is 2.99. The second kappa shape index (κ2) is 4.08. The van der Waals surface area contributed by atoms with Gasteiger partial charge in [0.1, 0.15) is 0 Å². The molecule has 3 rings (SSSR count). The van der Waals surface area contributed by atoms with Crippen molar-refractivity contribution in [2.75, 3.05) is 5.73 Å². The second-order valence-corrected chi connectivity index (χ2v) is 4.85. The van der Waals surface area contributed by atoms with Gasteiger partial charge in [0.15, 0.2) is 0 Å². The molecular formula is C13H14ClN3. The summed E-state index contributed by atoms with van der Waals surface area (Å²) in [5.74, 6) is 0. The molecule has 2 N–H and O–H groups in total. The van der Waals surface area contributed by atoms with Crippen LogP contribution < -0.4 is 5.73 Å².